The van der Waals surface area contributed by atoms with Crippen molar-refractivity contribution in [2.24, 2.45) is 0 Å². The van der Waals surface area contributed by atoms with Gasteiger partial charge in [0.25, 0.3) is 0 Å². The number of nitrogens with one attached hydrogen (secondary N) is 2. The van der Waals surface area contributed by atoms with Crippen molar-refractivity contribution < 1.29 is 9.21 Å². The summed E-state index contributed by atoms with van der Waals surface area (Å²) >= 11 is 0. The lowest BCUT2D eigenvalue weighted by molar-refractivity contribution is 0.234. The van der Waals surface area contributed by atoms with Gasteiger partial charge < -0.3 is 20.8 Å². The summed E-state index contributed by atoms with van der Waals surface area (Å²) in [6.45, 7) is 0.381. The Morgan fingerprint density at radius 3 is 2.80 bits per heavy atom. The number of amides is 2. The Hall–Kier alpha value is -2.43. The van der Waals surface area contributed by atoms with Crippen molar-refractivity contribution in [2.45, 2.75) is 24.9 Å². The smallest absolute Gasteiger partial charge is 0.315 e. The number of carbonyl (C=O) groups excluding carboxylic acids is 1. The molecule has 2 amide bonds. The largest absolute Gasteiger partial charge is 0.467 e. The topological polar surface area (TPSA) is 80.3 Å². The van der Waals surface area contributed by atoms with Crippen LogP contribution in [0.25, 0.3) is 0 Å². The van der Waals surface area contributed by atoms with Gasteiger partial charge >= 0.3 is 6.03 Å². The average Bonchev–Trinajstić information content (AvgIpc) is 3.02. The van der Waals surface area contributed by atoms with E-state index in [1.54, 1.807) is 12.3 Å². The molecule has 3 rings (SSSR count). The maximum atomic E-state index is 12.0. The van der Waals surface area contributed by atoms with Crippen molar-refractivity contribution in [1.29, 1.82) is 0 Å². The molecule has 1 saturated carbocycles. The minimum atomic E-state index is -0.261. The molecular formula is C15H17N3O2. The first-order valence-corrected chi connectivity index (χ1v) is 6.62. The lowest BCUT2D eigenvalue weighted by atomic mass is 10.0. The van der Waals surface area contributed by atoms with Gasteiger partial charge in [0.15, 0.2) is 0 Å². The molecule has 5 nitrogen and oxygen atoms in total. The van der Waals surface area contributed by atoms with Crippen LogP contribution in [0.2, 0.25) is 0 Å². The van der Waals surface area contributed by atoms with Gasteiger partial charge in [0.1, 0.15) is 5.76 Å². The molecule has 104 valence electrons. The van der Waals surface area contributed by atoms with Crippen LogP contribution in [0.4, 0.5) is 10.5 Å². The van der Waals surface area contributed by atoms with Crippen molar-refractivity contribution in [3.63, 3.8) is 0 Å². The summed E-state index contributed by atoms with van der Waals surface area (Å²) in [4.78, 5) is 12.0. The van der Waals surface area contributed by atoms with Gasteiger partial charge in [-0.25, -0.2) is 4.79 Å². The number of furan rings is 1. The van der Waals surface area contributed by atoms with Gasteiger partial charge in [-0.2, -0.15) is 0 Å². The second-order valence-electron chi connectivity index (χ2n) is 5.09. The number of nitrogens with two attached hydrogens (primary N) is 1. The molecular weight excluding hydrogens is 254 g/mol. The molecule has 0 spiro atoms. The Morgan fingerprint density at radius 2 is 2.15 bits per heavy atom. The van der Waals surface area contributed by atoms with Crippen LogP contribution in [0.1, 0.15) is 24.2 Å². The van der Waals surface area contributed by atoms with E-state index in [9.17, 15) is 4.79 Å². The van der Waals surface area contributed by atoms with Gasteiger partial charge in [-0.1, -0.05) is 12.1 Å². The van der Waals surface area contributed by atoms with E-state index in [1.807, 2.05) is 30.3 Å². The Morgan fingerprint density at radius 1 is 1.30 bits per heavy atom. The van der Waals surface area contributed by atoms with E-state index in [0.717, 1.165) is 24.2 Å². The molecule has 0 bridgehead atoms. The van der Waals surface area contributed by atoms with E-state index in [2.05, 4.69) is 10.6 Å². The molecule has 1 aliphatic rings. The Bertz CT molecular complexity index is 603. The third kappa shape index (κ3) is 2.61. The third-order valence-electron chi connectivity index (χ3n) is 3.55. The highest BCUT2D eigenvalue weighted by Crippen LogP contribution is 2.45. The van der Waals surface area contributed by atoms with E-state index in [-0.39, 0.29) is 11.6 Å². The zero-order valence-corrected chi connectivity index (χ0v) is 11.1. The summed E-state index contributed by atoms with van der Waals surface area (Å²) in [5, 5.41) is 5.82. The quantitative estimate of drug-likeness (QED) is 0.747. The summed E-state index contributed by atoms with van der Waals surface area (Å²) in [6.07, 6.45) is 3.46. The highest BCUT2D eigenvalue weighted by molar-refractivity contribution is 5.75. The Labute approximate surface area is 117 Å². The minimum absolute atomic E-state index is 0.193. The Balaban J connectivity index is 1.61. The highest BCUT2D eigenvalue weighted by Gasteiger charge is 2.45. The molecule has 1 fully saturated rings. The van der Waals surface area contributed by atoms with Gasteiger partial charge in [0, 0.05) is 5.69 Å². The number of hydrogen-bond acceptors (Lipinski definition) is 3. The number of rotatable bonds is 4. The fourth-order valence-corrected chi connectivity index (χ4v) is 2.29. The number of carbonyl (C=O) groups is 1. The van der Waals surface area contributed by atoms with E-state index < -0.39 is 0 Å². The molecule has 5 heteroatoms. The molecule has 4 N–H and O–H groups in total. The van der Waals surface area contributed by atoms with Crippen LogP contribution in [-0.4, -0.2) is 6.03 Å². The zero-order valence-electron chi connectivity index (χ0n) is 11.1. The highest BCUT2D eigenvalue weighted by atomic mass is 16.3. The van der Waals surface area contributed by atoms with Crippen LogP contribution in [-0.2, 0) is 12.1 Å². The average molecular weight is 271 g/mol. The second-order valence-corrected chi connectivity index (χ2v) is 5.09. The fraction of sp³-hybridized carbons (Fsp3) is 0.267. The molecule has 1 heterocycles. The van der Waals surface area contributed by atoms with Crippen LogP contribution in [0.5, 0.6) is 0 Å². The minimum Gasteiger partial charge on any atom is -0.467 e. The van der Waals surface area contributed by atoms with Crippen LogP contribution in [0, 0.1) is 0 Å². The number of urea groups is 1. The fourth-order valence-electron chi connectivity index (χ4n) is 2.29. The van der Waals surface area contributed by atoms with Crippen molar-refractivity contribution in [1.82, 2.24) is 10.6 Å². The van der Waals surface area contributed by atoms with Crippen molar-refractivity contribution >= 4 is 11.7 Å². The van der Waals surface area contributed by atoms with Gasteiger partial charge in [-0.15, -0.1) is 0 Å². The van der Waals surface area contributed by atoms with E-state index in [1.165, 1.54) is 0 Å². The van der Waals surface area contributed by atoms with E-state index >= 15 is 0 Å². The van der Waals surface area contributed by atoms with Crippen molar-refractivity contribution in [3.8, 4) is 0 Å². The summed E-state index contributed by atoms with van der Waals surface area (Å²) < 4.78 is 5.17. The van der Waals surface area contributed by atoms with Gasteiger partial charge in [-0.3, -0.25) is 0 Å². The van der Waals surface area contributed by atoms with Crippen LogP contribution in [0.15, 0.2) is 47.1 Å². The molecule has 20 heavy (non-hydrogen) atoms. The van der Waals surface area contributed by atoms with Crippen LogP contribution in [0.3, 0.4) is 0 Å². The zero-order chi connectivity index (χ0) is 14.0. The van der Waals surface area contributed by atoms with Crippen LogP contribution < -0.4 is 16.4 Å². The number of anilines is 1. The summed E-state index contributed by atoms with van der Waals surface area (Å²) in [5.74, 6) is 0.731. The van der Waals surface area contributed by atoms with Gasteiger partial charge in [0.05, 0.1) is 18.3 Å². The first-order valence-electron chi connectivity index (χ1n) is 6.62. The number of benzene rings is 1. The first kappa shape index (κ1) is 12.6. The lowest BCUT2D eigenvalue weighted by Crippen LogP contribution is -2.41. The number of hydrogen-bond donors (Lipinski definition) is 3. The molecule has 0 aliphatic heterocycles. The van der Waals surface area contributed by atoms with Crippen molar-refractivity contribution in [2.75, 3.05) is 5.73 Å². The Kier molecular flexibility index (Phi) is 3.10. The van der Waals surface area contributed by atoms with Crippen LogP contribution >= 0.6 is 0 Å². The maximum absolute atomic E-state index is 12.0. The van der Waals surface area contributed by atoms with Crippen molar-refractivity contribution in [3.05, 3.63) is 54.0 Å². The summed E-state index contributed by atoms with van der Waals surface area (Å²) in [5.41, 5.74) is 7.31. The molecule has 0 unspecified atom stereocenters. The summed E-state index contributed by atoms with van der Waals surface area (Å²) in [7, 11) is 0. The molecule has 0 atom stereocenters. The third-order valence-corrected chi connectivity index (χ3v) is 3.55. The maximum Gasteiger partial charge on any atom is 0.315 e. The molecule has 0 saturated heterocycles. The number of nitrogen functional groups attached to an aromatic ring is 1. The summed E-state index contributed by atoms with van der Waals surface area (Å²) in [6, 6.07) is 11.1. The lowest BCUT2D eigenvalue weighted by Gasteiger charge is -2.18. The molecule has 2 aromatic rings. The normalized spacial score (nSPS) is 15.6. The van der Waals surface area contributed by atoms with E-state index in [4.69, 9.17) is 10.2 Å². The monoisotopic (exact) mass is 271 g/mol. The first-order chi connectivity index (χ1) is 9.68. The molecule has 1 aliphatic carbocycles. The standard InChI is InChI=1S/C15H17N3O2/c16-12-4-1-3-11(9-12)15(6-7-15)18-14(19)17-10-13-5-2-8-20-13/h1-5,8-9H,6-7,10,16H2,(H2,17,18,19). The van der Waals surface area contributed by atoms with Gasteiger partial charge in [0.2, 0.25) is 0 Å². The second kappa shape index (κ2) is 4.92. The molecule has 0 radical (unpaired) electrons. The molecule has 1 aromatic heterocycles. The SMILES string of the molecule is Nc1cccc(C2(NC(=O)NCc3ccco3)CC2)c1. The predicted octanol–water partition coefficient (Wildman–Crippen LogP) is 2.35. The van der Waals surface area contributed by atoms with Gasteiger partial charge in [-0.05, 0) is 42.7 Å². The molecule has 1 aromatic carbocycles. The predicted molar refractivity (Wildman–Crippen MR) is 75.8 cm³/mol. The van der Waals surface area contributed by atoms with E-state index in [0.29, 0.717) is 12.2 Å².